The van der Waals surface area contributed by atoms with Crippen molar-refractivity contribution in [2.24, 2.45) is 0 Å². The molecule has 5 heteroatoms. The van der Waals surface area contributed by atoms with Gasteiger partial charge in [-0.05, 0) is 31.3 Å². The third-order valence-electron chi connectivity index (χ3n) is 3.09. The zero-order valence-corrected chi connectivity index (χ0v) is 11.4. The number of urea groups is 1. The maximum atomic E-state index is 11.6. The molecule has 100 valence electrons. The van der Waals surface area contributed by atoms with Crippen LogP contribution in [0.25, 0.3) is 0 Å². The van der Waals surface area contributed by atoms with Gasteiger partial charge in [0.25, 0.3) is 0 Å². The SMILES string of the molecule is CSCCC(O)CNC(=O)NC1CCCCC1. The average molecular weight is 260 g/mol. The molecule has 1 fully saturated rings. The van der Waals surface area contributed by atoms with Gasteiger partial charge in [0.2, 0.25) is 0 Å². The number of aliphatic hydroxyl groups excluding tert-OH is 1. The van der Waals surface area contributed by atoms with E-state index in [9.17, 15) is 9.90 Å². The van der Waals surface area contributed by atoms with Gasteiger partial charge in [-0.3, -0.25) is 0 Å². The van der Waals surface area contributed by atoms with E-state index in [-0.39, 0.29) is 6.03 Å². The molecule has 2 amide bonds. The van der Waals surface area contributed by atoms with E-state index >= 15 is 0 Å². The highest BCUT2D eigenvalue weighted by Crippen LogP contribution is 2.17. The molecule has 1 rings (SSSR count). The molecule has 17 heavy (non-hydrogen) atoms. The van der Waals surface area contributed by atoms with Gasteiger partial charge in [-0.25, -0.2) is 4.79 Å². The van der Waals surface area contributed by atoms with Crippen molar-refractivity contribution in [3.8, 4) is 0 Å². The lowest BCUT2D eigenvalue weighted by Gasteiger charge is -2.23. The largest absolute Gasteiger partial charge is 0.391 e. The Morgan fingerprint density at radius 1 is 1.41 bits per heavy atom. The molecule has 0 saturated heterocycles. The molecule has 1 aliphatic rings. The van der Waals surface area contributed by atoms with Crippen molar-refractivity contribution in [1.82, 2.24) is 10.6 Å². The number of carbonyl (C=O) groups is 1. The lowest BCUT2D eigenvalue weighted by Crippen LogP contribution is -2.45. The minimum atomic E-state index is -0.431. The van der Waals surface area contributed by atoms with Gasteiger partial charge >= 0.3 is 6.03 Å². The average Bonchev–Trinajstić information content (AvgIpc) is 2.35. The van der Waals surface area contributed by atoms with E-state index in [4.69, 9.17) is 0 Å². The summed E-state index contributed by atoms with van der Waals surface area (Å²) in [5, 5.41) is 15.3. The first-order chi connectivity index (χ1) is 8.22. The molecule has 0 spiro atoms. The van der Waals surface area contributed by atoms with E-state index in [0.717, 1.165) is 25.0 Å². The van der Waals surface area contributed by atoms with Crippen LogP contribution in [0.15, 0.2) is 0 Å². The highest BCUT2D eigenvalue weighted by molar-refractivity contribution is 7.98. The van der Waals surface area contributed by atoms with Crippen molar-refractivity contribution in [2.75, 3.05) is 18.6 Å². The van der Waals surface area contributed by atoms with Crippen LogP contribution < -0.4 is 10.6 Å². The van der Waals surface area contributed by atoms with Gasteiger partial charge in [0.1, 0.15) is 0 Å². The molecule has 1 atom stereocenters. The Balaban J connectivity index is 2.07. The van der Waals surface area contributed by atoms with Crippen LogP contribution in [0.3, 0.4) is 0 Å². The first-order valence-corrected chi connectivity index (χ1v) is 7.83. The molecule has 0 aromatic rings. The van der Waals surface area contributed by atoms with E-state index < -0.39 is 6.10 Å². The number of hydrogen-bond donors (Lipinski definition) is 3. The minimum absolute atomic E-state index is 0.139. The fourth-order valence-electron chi connectivity index (χ4n) is 2.05. The predicted molar refractivity (Wildman–Crippen MR) is 72.4 cm³/mol. The molecule has 0 aromatic carbocycles. The first kappa shape index (κ1) is 14.6. The Kier molecular flexibility index (Phi) is 7.44. The summed E-state index contributed by atoms with van der Waals surface area (Å²) in [7, 11) is 0. The van der Waals surface area contributed by atoms with Gasteiger partial charge in [-0.1, -0.05) is 19.3 Å². The van der Waals surface area contributed by atoms with Gasteiger partial charge in [0.15, 0.2) is 0 Å². The van der Waals surface area contributed by atoms with E-state index in [1.165, 1.54) is 19.3 Å². The number of rotatable bonds is 6. The summed E-state index contributed by atoms with van der Waals surface area (Å²) in [4.78, 5) is 11.6. The Hall–Kier alpha value is -0.420. The fraction of sp³-hybridized carbons (Fsp3) is 0.917. The van der Waals surface area contributed by atoms with Crippen molar-refractivity contribution in [3.05, 3.63) is 0 Å². The summed E-state index contributed by atoms with van der Waals surface area (Å²) < 4.78 is 0. The summed E-state index contributed by atoms with van der Waals surface area (Å²) in [5.41, 5.74) is 0. The van der Waals surface area contributed by atoms with Gasteiger partial charge in [0, 0.05) is 12.6 Å². The van der Waals surface area contributed by atoms with E-state index in [1.54, 1.807) is 11.8 Å². The van der Waals surface area contributed by atoms with Crippen LogP contribution in [0, 0.1) is 0 Å². The zero-order valence-electron chi connectivity index (χ0n) is 10.6. The molecule has 0 heterocycles. The van der Waals surface area contributed by atoms with Gasteiger partial charge in [0.05, 0.1) is 6.10 Å². The molecule has 0 aliphatic heterocycles. The van der Waals surface area contributed by atoms with Crippen molar-refractivity contribution in [1.29, 1.82) is 0 Å². The number of carbonyl (C=O) groups excluding carboxylic acids is 1. The quantitative estimate of drug-likeness (QED) is 0.681. The van der Waals surface area contributed by atoms with E-state index in [0.29, 0.717) is 12.6 Å². The highest BCUT2D eigenvalue weighted by Gasteiger charge is 2.15. The molecular weight excluding hydrogens is 236 g/mol. The molecule has 0 radical (unpaired) electrons. The van der Waals surface area contributed by atoms with E-state index in [1.807, 2.05) is 6.26 Å². The standard InChI is InChI=1S/C12H24N2O2S/c1-17-8-7-11(15)9-13-12(16)14-10-5-3-2-4-6-10/h10-11,15H,2-9H2,1H3,(H2,13,14,16). The van der Waals surface area contributed by atoms with Crippen LogP contribution in [-0.2, 0) is 0 Å². The van der Waals surface area contributed by atoms with Crippen LogP contribution in [0.4, 0.5) is 4.79 Å². The molecule has 3 N–H and O–H groups in total. The predicted octanol–water partition coefficient (Wildman–Crippen LogP) is 1.73. The third kappa shape index (κ3) is 6.78. The lowest BCUT2D eigenvalue weighted by atomic mass is 9.96. The molecule has 1 saturated carbocycles. The number of aliphatic hydroxyl groups is 1. The number of thioether (sulfide) groups is 1. The first-order valence-electron chi connectivity index (χ1n) is 6.43. The van der Waals surface area contributed by atoms with Gasteiger partial charge in [-0.2, -0.15) is 11.8 Å². The van der Waals surface area contributed by atoms with Gasteiger partial charge < -0.3 is 15.7 Å². The Bertz CT molecular complexity index is 221. The van der Waals surface area contributed by atoms with Crippen LogP contribution in [0.1, 0.15) is 38.5 Å². The van der Waals surface area contributed by atoms with Crippen molar-refractivity contribution >= 4 is 17.8 Å². The second-order valence-electron chi connectivity index (χ2n) is 4.62. The number of amides is 2. The van der Waals surface area contributed by atoms with Crippen LogP contribution in [-0.4, -0.2) is 41.8 Å². The summed E-state index contributed by atoms with van der Waals surface area (Å²) in [6, 6.07) is 0.187. The summed E-state index contributed by atoms with van der Waals surface area (Å²) in [6.07, 6.45) is 8.18. The van der Waals surface area contributed by atoms with E-state index in [2.05, 4.69) is 10.6 Å². The highest BCUT2D eigenvalue weighted by atomic mass is 32.2. The molecule has 0 aromatic heterocycles. The maximum absolute atomic E-state index is 11.6. The van der Waals surface area contributed by atoms with Gasteiger partial charge in [-0.15, -0.1) is 0 Å². The smallest absolute Gasteiger partial charge is 0.315 e. The molecule has 0 bridgehead atoms. The van der Waals surface area contributed by atoms with Crippen molar-refractivity contribution < 1.29 is 9.90 Å². The normalized spacial score (nSPS) is 18.7. The van der Waals surface area contributed by atoms with Crippen LogP contribution >= 0.6 is 11.8 Å². The fourth-order valence-corrected chi connectivity index (χ4v) is 2.56. The lowest BCUT2D eigenvalue weighted by molar-refractivity contribution is 0.166. The van der Waals surface area contributed by atoms with Crippen LogP contribution in [0.5, 0.6) is 0 Å². The molecule has 1 unspecified atom stereocenters. The topological polar surface area (TPSA) is 61.4 Å². The summed E-state index contributed by atoms with van der Waals surface area (Å²) in [5.74, 6) is 0.924. The van der Waals surface area contributed by atoms with Crippen molar-refractivity contribution in [2.45, 2.75) is 50.7 Å². The minimum Gasteiger partial charge on any atom is -0.391 e. The Morgan fingerprint density at radius 3 is 2.76 bits per heavy atom. The Labute approximate surface area is 108 Å². The van der Waals surface area contributed by atoms with Crippen LogP contribution in [0.2, 0.25) is 0 Å². The maximum Gasteiger partial charge on any atom is 0.315 e. The second kappa shape index (κ2) is 8.64. The monoisotopic (exact) mass is 260 g/mol. The molecular formula is C12H24N2O2S. The zero-order chi connectivity index (χ0) is 12.5. The number of nitrogens with one attached hydrogen (secondary N) is 2. The Morgan fingerprint density at radius 2 is 2.12 bits per heavy atom. The number of hydrogen-bond acceptors (Lipinski definition) is 3. The summed E-state index contributed by atoms with van der Waals surface area (Å²) in [6.45, 7) is 0.346. The molecule has 4 nitrogen and oxygen atoms in total. The van der Waals surface area contributed by atoms with Crippen molar-refractivity contribution in [3.63, 3.8) is 0 Å². The molecule has 1 aliphatic carbocycles. The third-order valence-corrected chi connectivity index (χ3v) is 3.74. The second-order valence-corrected chi connectivity index (χ2v) is 5.61. The summed E-state index contributed by atoms with van der Waals surface area (Å²) >= 11 is 1.70.